The van der Waals surface area contributed by atoms with Crippen LogP contribution in [0.2, 0.25) is 5.02 Å². The minimum absolute atomic E-state index is 0.250. The molecule has 0 saturated carbocycles. The van der Waals surface area contributed by atoms with Crippen LogP contribution >= 0.6 is 34.2 Å². The summed E-state index contributed by atoms with van der Waals surface area (Å²) in [6.45, 7) is 1.91. The SMILES string of the molecule is Cc1cc(-c2nc3ncccc3o2)ccc1NC(=O)c1cc(I)ccc1Cl. The fourth-order valence-electron chi connectivity index (χ4n) is 2.69. The van der Waals surface area contributed by atoms with Crippen molar-refractivity contribution in [1.82, 2.24) is 9.97 Å². The van der Waals surface area contributed by atoms with Crippen molar-refractivity contribution in [3.63, 3.8) is 0 Å². The molecule has 27 heavy (non-hydrogen) atoms. The van der Waals surface area contributed by atoms with E-state index in [1.165, 1.54) is 0 Å². The third-order valence-corrected chi connectivity index (χ3v) is 5.06. The van der Waals surface area contributed by atoms with Crippen LogP contribution in [0.4, 0.5) is 5.69 Å². The van der Waals surface area contributed by atoms with Crippen LogP contribution in [0.5, 0.6) is 0 Å². The summed E-state index contributed by atoms with van der Waals surface area (Å²) in [4.78, 5) is 21.2. The second kappa shape index (κ2) is 7.28. The minimum Gasteiger partial charge on any atom is -0.434 e. The molecule has 0 bridgehead atoms. The number of halogens is 2. The lowest BCUT2D eigenvalue weighted by atomic mass is 10.1. The van der Waals surface area contributed by atoms with E-state index in [9.17, 15) is 4.79 Å². The van der Waals surface area contributed by atoms with Gasteiger partial charge in [-0.05, 0) is 83.6 Å². The predicted octanol–water partition coefficient (Wildman–Crippen LogP) is 5.71. The third kappa shape index (κ3) is 3.68. The number of pyridine rings is 1. The number of nitrogens with zero attached hydrogens (tertiary/aromatic N) is 2. The van der Waals surface area contributed by atoms with Crippen LogP contribution in [0.15, 0.2) is 59.1 Å². The second-order valence-electron chi connectivity index (χ2n) is 5.95. The van der Waals surface area contributed by atoms with Crippen LogP contribution in [0.25, 0.3) is 22.7 Å². The van der Waals surface area contributed by atoms with Gasteiger partial charge in [-0.2, -0.15) is 4.98 Å². The maximum absolute atomic E-state index is 12.6. The number of carbonyl (C=O) groups is 1. The molecule has 0 radical (unpaired) electrons. The summed E-state index contributed by atoms with van der Waals surface area (Å²) in [5.41, 5.74) is 4.05. The lowest BCUT2D eigenvalue weighted by Crippen LogP contribution is -2.13. The molecule has 0 aliphatic rings. The molecule has 0 unspecified atom stereocenters. The summed E-state index contributed by atoms with van der Waals surface area (Å²) < 4.78 is 6.69. The first-order valence-electron chi connectivity index (χ1n) is 8.10. The van der Waals surface area contributed by atoms with Gasteiger partial charge in [-0.25, -0.2) is 4.98 Å². The number of amides is 1. The first-order chi connectivity index (χ1) is 13.0. The van der Waals surface area contributed by atoms with Crippen molar-refractivity contribution >= 4 is 57.0 Å². The van der Waals surface area contributed by atoms with E-state index in [-0.39, 0.29) is 5.91 Å². The Bertz CT molecular complexity index is 1140. The van der Waals surface area contributed by atoms with Gasteiger partial charge in [0.2, 0.25) is 5.89 Å². The van der Waals surface area contributed by atoms with Crippen LogP contribution in [0.1, 0.15) is 15.9 Å². The highest BCUT2D eigenvalue weighted by Gasteiger charge is 2.14. The second-order valence-corrected chi connectivity index (χ2v) is 7.60. The predicted molar refractivity (Wildman–Crippen MR) is 114 cm³/mol. The number of hydrogen-bond donors (Lipinski definition) is 1. The maximum Gasteiger partial charge on any atom is 0.257 e. The van der Waals surface area contributed by atoms with E-state index in [1.807, 2.05) is 37.3 Å². The standard InChI is InChI=1S/C20H13ClIN3O2/c1-11-9-12(20-25-18-17(27-20)3-2-8-23-18)4-7-16(11)24-19(26)14-10-13(22)5-6-15(14)21/h2-10H,1H3,(H,24,26). The van der Waals surface area contributed by atoms with Gasteiger partial charge in [-0.1, -0.05) is 11.6 Å². The molecule has 0 saturated heterocycles. The highest BCUT2D eigenvalue weighted by molar-refractivity contribution is 14.1. The van der Waals surface area contributed by atoms with Crippen molar-refractivity contribution in [2.24, 2.45) is 0 Å². The summed E-state index contributed by atoms with van der Waals surface area (Å²) >= 11 is 8.30. The topological polar surface area (TPSA) is 68.0 Å². The Morgan fingerprint density at radius 2 is 2.04 bits per heavy atom. The molecule has 2 aromatic heterocycles. The Hall–Kier alpha value is -2.45. The van der Waals surface area contributed by atoms with Crippen molar-refractivity contribution in [1.29, 1.82) is 0 Å². The van der Waals surface area contributed by atoms with E-state index in [0.717, 1.165) is 14.7 Å². The number of carbonyl (C=O) groups excluding carboxylic acids is 1. The zero-order valence-corrected chi connectivity index (χ0v) is 17.1. The van der Waals surface area contributed by atoms with Crippen LogP contribution in [0.3, 0.4) is 0 Å². The van der Waals surface area contributed by atoms with Crippen LogP contribution in [-0.2, 0) is 0 Å². The van der Waals surface area contributed by atoms with Gasteiger partial charge >= 0.3 is 0 Å². The number of oxazole rings is 1. The molecule has 0 aliphatic heterocycles. The van der Waals surface area contributed by atoms with Crippen molar-refractivity contribution in [2.75, 3.05) is 5.32 Å². The number of benzene rings is 2. The molecule has 4 aromatic rings. The first kappa shape index (κ1) is 17.9. The molecule has 4 rings (SSSR count). The molecule has 5 nitrogen and oxygen atoms in total. The minimum atomic E-state index is -0.250. The quantitative estimate of drug-likeness (QED) is 0.374. The van der Waals surface area contributed by atoms with Gasteiger partial charge < -0.3 is 9.73 Å². The highest BCUT2D eigenvalue weighted by atomic mass is 127. The van der Waals surface area contributed by atoms with Crippen molar-refractivity contribution in [3.05, 3.63) is 74.4 Å². The Kier molecular flexibility index (Phi) is 4.84. The van der Waals surface area contributed by atoms with Gasteiger partial charge in [0.15, 0.2) is 11.2 Å². The van der Waals surface area contributed by atoms with E-state index in [0.29, 0.717) is 33.4 Å². The molecule has 134 valence electrons. The van der Waals surface area contributed by atoms with Gasteiger partial charge in [-0.3, -0.25) is 4.79 Å². The van der Waals surface area contributed by atoms with Crippen LogP contribution in [-0.4, -0.2) is 15.9 Å². The number of anilines is 1. The molecule has 0 atom stereocenters. The normalized spacial score (nSPS) is 10.9. The summed E-state index contributed by atoms with van der Waals surface area (Å²) in [6, 6.07) is 14.5. The van der Waals surface area contributed by atoms with Gasteiger partial charge in [0.05, 0.1) is 10.6 Å². The molecule has 1 N–H and O–H groups in total. The van der Waals surface area contributed by atoms with E-state index in [4.69, 9.17) is 16.0 Å². The monoisotopic (exact) mass is 489 g/mol. The maximum atomic E-state index is 12.6. The van der Waals surface area contributed by atoms with Crippen LogP contribution in [0, 0.1) is 10.5 Å². The van der Waals surface area contributed by atoms with E-state index in [2.05, 4.69) is 37.9 Å². The molecule has 1 amide bonds. The molecule has 2 heterocycles. The highest BCUT2D eigenvalue weighted by Crippen LogP contribution is 2.27. The fourth-order valence-corrected chi connectivity index (χ4v) is 3.39. The number of fused-ring (bicyclic) bond motifs is 1. The molecular formula is C20H13ClIN3O2. The summed E-state index contributed by atoms with van der Waals surface area (Å²) in [6.07, 6.45) is 1.68. The first-order valence-corrected chi connectivity index (χ1v) is 9.56. The van der Waals surface area contributed by atoms with Gasteiger partial charge in [0.1, 0.15) is 0 Å². The number of hydrogen-bond acceptors (Lipinski definition) is 4. The number of nitrogens with one attached hydrogen (secondary N) is 1. The van der Waals surface area contributed by atoms with Crippen molar-refractivity contribution in [3.8, 4) is 11.5 Å². The smallest absolute Gasteiger partial charge is 0.257 e. The Morgan fingerprint density at radius 1 is 1.19 bits per heavy atom. The van der Waals surface area contributed by atoms with Gasteiger partial charge in [-0.15, -0.1) is 0 Å². The zero-order chi connectivity index (χ0) is 19.0. The molecule has 0 aliphatic carbocycles. The summed E-state index contributed by atoms with van der Waals surface area (Å²) in [7, 11) is 0. The lowest BCUT2D eigenvalue weighted by molar-refractivity contribution is 0.102. The third-order valence-electron chi connectivity index (χ3n) is 4.06. The zero-order valence-electron chi connectivity index (χ0n) is 14.2. The lowest BCUT2D eigenvalue weighted by Gasteiger charge is -2.10. The molecule has 2 aromatic carbocycles. The Labute approximate surface area is 173 Å². The molecule has 0 fully saturated rings. The number of rotatable bonds is 3. The Morgan fingerprint density at radius 3 is 2.81 bits per heavy atom. The van der Waals surface area contributed by atoms with Crippen LogP contribution < -0.4 is 5.32 Å². The van der Waals surface area contributed by atoms with E-state index in [1.54, 1.807) is 24.4 Å². The molecular weight excluding hydrogens is 477 g/mol. The van der Waals surface area contributed by atoms with Gasteiger partial charge in [0.25, 0.3) is 5.91 Å². The largest absolute Gasteiger partial charge is 0.434 e. The Balaban J connectivity index is 1.62. The summed E-state index contributed by atoms with van der Waals surface area (Å²) in [5.74, 6) is 0.241. The van der Waals surface area contributed by atoms with Crippen molar-refractivity contribution < 1.29 is 9.21 Å². The average molecular weight is 490 g/mol. The van der Waals surface area contributed by atoms with Gasteiger partial charge in [0, 0.05) is 21.0 Å². The number of aromatic nitrogens is 2. The van der Waals surface area contributed by atoms with E-state index >= 15 is 0 Å². The number of aryl methyl sites for hydroxylation is 1. The van der Waals surface area contributed by atoms with Crippen molar-refractivity contribution in [2.45, 2.75) is 6.92 Å². The average Bonchev–Trinajstić information content (AvgIpc) is 3.09. The molecule has 0 spiro atoms. The fraction of sp³-hybridized carbons (Fsp3) is 0.0500. The molecule has 7 heteroatoms. The van der Waals surface area contributed by atoms with E-state index < -0.39 is 0 Å². The summed E-state index contributed by atoms with van der Waals surface area (Å²) in [5, 5.41) is 3.33.